The smallest absolute Gasteiger partial charge is 0.176 e. The molecule has 0 unspecified atom stereocenters. The van der Waals surface area contributed by atoms with Gasteiger partial charge in [0, 0.05) is 6.42 Å². The number of carbonyl (C=O) groups is 1. The van der Waals surface area contributed by atoms with Crippen LogP contribution >= 0.6 is 0 Å². The maximum atomic E-state index is 11.1. The van der Waals surface area contributed by atoms with Crippen molar-refractivity contribution in [3.05, 3.63) is 11.8 Å². The number of hydrogen-bond acceptors (Lipinski definition) is 3. The molecule has 0 saturated heterocycles. The van der Waals surface area contributed by atoms with Crippen molar-refractivity contribution in [1.82, 2.24) is 0 Å². The minimum absolute atomic E-state index is 0.110. The first kappa shape index (κ1) is 10.7. The summed E-state index contributed by atoms with van der Waals surface area (Å²) >= 11 is 0. The molecule has 0 N–H and O–H groups in total. The Balaban J connectivity index is 4.16. The Kier molecular flexibility index (Phi) is 5.72. The quantitative estimate of drug-likeness (QED) is 0.356. The van der Waals surface area contributed by atoms with Gasteiger partial charge in [0.05, 0.1) is 6.61 Å². The molecule has 0 bridgehead atoms. The van der Waals surface area contributed by atoms with Crippen LogP contribution in [0.15, 0.2) is 11.8 Å². The largest absolute Gasteiger partial charge is 0.500 e. The van der Waals surface area contributed by atoms with Crippen molar-refractivity contribution in [2.45, 2.75) is 26.7 Å². The van der Waals surface area contributed by atoms with E-state index >= 15 is 0 Å². The molecule has 0 aromatic rings. The van der Waals surface area contributed by atoms with E-state index in [-0.39, 0.29) is 11.4 Å². The van der Waals surface area contributed by atoms with Crippen LogP contribution in [0.2, 0.25) is 0 Å². The highest BCUT2D eigenvalue weighted by Gasteiger charge is 2.06. The average Bonchev–Trinajstić information content (AvgIpc) is 2.06. The van der Waals surface area contributed by atoms with Gasteiger partial charge in [-0.15, -0.1) is 0 Å². The minimum atomic E-state index is -0.145. The van der Waals surface area contributed by atoms with E-state index in [4.69, 9.17) is 10.00 Å². The molecule has 0 rings (SSSR count). The normalized spacial score (nSPS) is 10.6. The number of Topliss-reactive ketones (excluding diaryl/α,β-unsaturated/α-hetero) is 1. The summed E-state index contributed by atoms with van der Waals surface area (Å²) in [5, 5.41) is 8.53. The second kappa shape index (κ2) is 6.41. The second-order valence-electron chi connectivity index (χ2n) is 2.27. The van der Waals surface area contributed by atoms with Crippen LogP contribution in [-0.4, -0.2) is 12.4 Å². The van der Waals surface area contributed by atoms with Gasteiger partial charge in [-0.25, -0.2) is 0 Å². The summed E-state index contributed by atoms with van der Waals surface area (Å²) in [6, 6.07) is 1.81. The van der Waals surface area contributed by atoms with Crippen LogP contribution in [0.1, 0.15) is 26.7 Å². The number of rotatable bonds is 5. The van der Waals surface area contributed by atoms with Gasteiger partial charge in [-0.05, 0) is 13.3 Å². The van der Waals surface area contributed by atoms with E-state index in [1.807, 2.05) is 13.0 Å². The van der Waals surface area contributed by atoms with E-state index in [0.717, 1.165) is 6.42 Å². The van der Waals surface area contributed by atoms with Gasteiger partial charge in [-0.3, -0.25) is 4.79 Å². The fourth-order valence-electron chi connectivity index (χ4n) is 0.683. The number of nitrogens with zero attached hydrogens (tertiary/aromatic N) is 1. The van der Waals surface area contributed by atoms with Crippen LogP contribution in [0.3, 0.4) is 0 Å². The Bertz CT molecular complexity index is 213. The Morgan fingerprint density at radius 3 is 2.67 bits per heavy atom. The zero-order chi connectivity index (χ0) is 9.40. The van der Waals surface area contributed by atoms with Gasteiger partial charge in [-0.2, -0.15) is 5.26 Å². The molecule has 0 heterocycles. The lowest BCUT2D eigenvalue weighted by Crippen LogP contribution is -2.00. The zero-order valence-electron chi connectivity index (χ0n) is 7.46. The third kappa shape index (κ3) is 3.77. The summed E-state index contributed by atoms with van der Waals surface area (Å²) in [5.41, 5.74) is 0.110. The third-order valence-electron chi connectivity index (χ3n) is 1.27. The van der Waals surface area contributed by atoms with Gasteiger partial charge >= 0.3 is 0 Å². The summed E-state index contributed by atoms with van der Waals surface area (Å²) in [6.07, 6.45) is 2.40. The number of ketones is 1. The Morgan fingerprint density at radius 1 is 1.58 bits per heavy atom. The predicted octanol–water partition coefficient (Wildman–Crippen LogP) is 1.80. The molecule has 0 aliphatic rings. The van der Waals surface area contributed by atoms with Crippen molar-refractivity contribution >= 4 is 5.78 Å². The summed E-state index contributed by atoms with van der Waals surface area (Å²) in [4.78, 5) is 11.1. The van der Waals surface area contributed by atoms with Gasteiger partial charge in [0.1, 0.15) is 17.9 Å². The molecular weight excluding hydrogens is 154 g/mol. The topological polar surface area (TPSA) is 50.1 Å². The number of nitriles is 1. The van der Waals surface area contributed by atoms with Crippen molar-refractivity contribution in [1.29, 1.82) is 5.26 Å². The fourth-order valence-corrected chi connectivity index (χ4v) is 0.683. The Labute approximate surface area is 72.6 Å². The van der Waals surface area contributed by atoms with Crippen LogP contribution < -0.4 is 0 Å². The Hall–Kier alpha value is -1.30. The first-order valence-electron chi connectivity index (χ1n) is 4.01. The predicted molar refractivity (Wildman–Crippen MR) is 45.2 cm³/mol. The molecule has 0 spiro atoms. The van der Waals surface area contributed by atoms with Crippen molar-refractivity contribution in [3.63, 3.8) is 0 Å². The highest BCUT2D eigenvalue weighted by molar-refractivity contribution is 5.98. The van der Waals surface area contributed by atoms with Crippen molar-refractivity contribution in [2.24, 2.45) is 0 Å². The van der Waals surface area contributed by atoms with E-state index in [9.17, 15) is 4.79 Å². The Morgan fingerprint density at radius 2 is 2.25 bits per heavy atom. The van der Waals surface area contributed by atoms with Crippen LogP contribution in [0.25, 0.3) is 0 Å². The SMILES string of the molecule is CCCC(=O)C(C#N)=COCC. The van der Waals surface area contributed by atoms with E-state index < -0.39 is 0 Å². The number of allylic oxidation sites excluding steroid dienone is 1. The molecule has 0 aliphatic heterocycles. The lowest BCUT2D eigenvalue weighted by atomic mass is 10.1. The lowest BCUT2D eigenvalue weighted by molar-refractivity contribution is -0.115. The number of hydrogen-bond donors (Lipinski definition) is 0. The maximum Gasteiger partial charge on any atom is 0.176 e. The molecule has 0 aromatic carbocycles. The van der Waals surface area contributed by atoms with Crippen molar-refractivity contribution in [2.75, 3.05) is 6.61 Å². The van der Waals surface area contributed by atoms with Gasteiger partial charge in [0.15, 0.2) is 5.78 Å². The number of ether oxygens (including phenoxy) is 1. The molecule has 0 amide bonds. The molecule has 3 heteroatoms. The lowest BCUT2D eigenvalue weighted by Gasteiger charge is -1.96. The van der Waals surface area contributed by atoms with E-state index in [1.165, 1.54) is 6.26 Å². The fraction of sp³-hybridized carbons (Fsp3) is 0.556. The molecule has 0 fully saturated rings. The van der Waals surface area contributed by atoms with E-state index in [2.05, 4.69) is 0 Å². The standard InChI is InChI=1S/C9H13NO2/c1-3-5-9(11)8(6-10)7-12-4-2/h7H,3-5H2,1-2H3. The zero-order valence-corrected chi connectivity index (χ0v) is 7.46. The second-order valence-corrected chi connectivity index (χ2v) is 2.27. The monoisotopic (exact) mass is 167 g/mol. The van der Waals surface area contributed by atoms with Gasteiger partial charge in [0.2, 0.25) is 0 Å². The molecule has 0 radical (unpaired) electrons. The molecule has 0 aliphatic carbocycles. The van der Waals surface area contributed by atoms with Crippen LogP contribution in [-0.2, 0) is 9.53 Å². The summed E-state index contributed by atoms with van der Waals surface area (Å²) < 4.78 is 4.85. The summed E-state index contributed by atoms with van der Waals surface area (Å²) in [6.45, 7) is 4.17. The first-order chi connectivity index (χ1) is 5.76. The molecule has 12 heavy (non-hydrogen) atoms. The molecule has 0 aromatic heterocycles. The van der Waals surface area contributed by atoms with Gasteiger partial charge in [-0.1, -0.05) is 6.92 Å². The van der Waals surface area contributed by atoms with Crippen molar-refractivity contribution in [3.8, 4) is 6.07 Å². The van der Waals surface area contributed by atoms with Crippen molar-refractivity contribution < 1.29 is 9.53 Å². The first-order valence-corrected chi connectivity index (χ1v) is 4.01. The molecule has 3 nitrogen and oxygen atoms in total. The van der Waals surface area contributed by atoms with E-state index in [1.54, 1.807) is 6.92 Å². The summed E-state index contributed by atoms with van der Waals surface area (Å²) in [5.74, 6) is -0.145. The van der Waals surface area contributed by atoms with Crippen LogP contribution in [0, 0.1) is 11.3 Å². The average molecular weight is 167 g/mol. The van der Waals surface area contributed by atoms with Gasteiger partial charge < -0.3 is 4.74 Å². The molecule has 0 atom stereocenters. The van der Waals surface area contributed by atoms with E-state index in [0.29, 0.717) is 13.0 Å². The maximum absolute atomic E-state index is 11.1. The number of carbonyl (C=O) groups excluding carboxylic acids is 1. The van der Waals surface area contributed by atoms with Gasteiger partial charge in [0.25, 0.3) is 0 Å². The molecular formula is C9H13NO2. The molecule has 66 valence electrons. The highest BCUT2D eigenvalue weighted by Crippen LogP contribution is 2.01. The third-order valence-corrected chi connectivity index (χ3v) is 1.27. The minimum Gasteiger partial charge on any atom is -0.500 e. The van der Waals surface area contributed by atoms with Crippen LogP contribution in [0.4, 0.5) is 0 Å². The molecule has 0 saturated carbocycles. The highest BCUT2D eigenvalue weighted by atomic mass is 16.5. The van der Waals surface area contributed by atoms with Crippen LogP contribution in [0.5, 0.6) is 0 Å². The summed E-state index contributed by atoms with van der Waals surface area (Å²) in [7, 11) is 0.